The summed E-state index contributed by atoms with van der Waals surface area (Å²) in [5, 5.41) is 1.23. The molecule has 1 unspecified atom stereocenters. The van der Waals surface area contributed by atoms with Crippen LogP contribution in [-0.4, -0.2) is 30.6 Å². The van der Waals surface area contributed by atoms with Gasteiger partial charge in [-0.05, 0) is 43.1 Å². The van der Waals surface area contributed by atoms with E-state index in [1.807, 2.05) is 12.1 Å². The number of rotatable bonds is 3. The van der Waals surface area contributed by atoms with Crippen LogP contribution in [0, 0.1) is 0 Å². The zero-order valence-corrected chi connectivity index (χ0v) is 11.7. The van der Waals surface area contributed by atoms with Crippen LogP contribution in [0.25, 0.3) is 0 Å². The Labute approximate surface area is 117 Å². The zero-order valence-electron chi connectivity index (χ0n) is 10.2. The number of halogens is 2. The average molecular weight is 288 g/mol. The van der Waals surface area contributed by atoms with E-state index in [2.05, 4.69) is 4.90 Å². The van der Waals surface area contributed by atoms with Crippen LogP contribution in [-0.2, 0) is 16.1 Å². The number of ether oxygens (including phenoxy) is 1. The number of carbonyl (C=O) groups is 1. The van der Waals surface area contributed by atoms with Gasteiger partial charge in [0.25, 0.3) is 0 Å². The fraction of sp³-hybridized carbons (Fsp3) is 0.462. The molecule has 1 aliphatic rings. The highest BCUT2D eigenvalue weighted by Crippen LogP contribution is 2.24. The highest BCUT2D eigenvalue weighted by atomic mass is 35.5. The Morgan fingerprint density at radius 1 is 1.39 bits per heavy atom. The summed E-state index contributed by atoms with van der Waals surface area (Å²) in [5.41, 5.74) is 1.02. The van der Waals surface area contributed by atoms with Gasteiger partial charge in [-0.2, -0.15) is 0 Å². The van der Waals surface area contributed by atoms with Gasteiger partial charge in [-0.1, -0.05) is 23.2 Å². The number of carbonyl (C=O) groups excluding carboxylic acids is 1. The molecule has 1 aliphatic heterocycles. The van der Waals surface area contributed by atoms with Gasteiger partial charge < -0.3 is 4.74 Å². The molecule has 1 aromatic carbocycles. The molecule has 2 rings (SSSR count). The molecule has 0 saturated carbocycles. The predicted octanol–water partition coefficient (Wildman–Crippen LogP) is 3.13. The molecule has 1 saturated heterocycles. The SMILES string of the molecule is COC(=O)C1CCCN1Cc1cc(Cl)cc(Cl)c1. The van der Waals surface area contributed by atoms with E-state index in [4.69, 9.17) is 27.9 Å². The first-order valence-corrected chi connectivity index (χ1v) is 6.62. The van der Waals surface area contributed by atoms with Crippen molar-refractivity contribution in [2.24, 2.45) is 0 Å². The molecule has 0 spiro atoms. The van der Waals surface area contributed by atoms with Crippen molar-refractivity contribution in [1.29, 1.82) is 0 Å². The molecule has 5 heteroatoms. The first-order valence-electron chi connectivity index (χ1n) is 5.87. The van der Waals surface area contributed by atoms with E-state index < -0.39 is 0 Å². The number of nitrogens with zero attached hydrogens (tertiary/aromatic N) is 1. The molecule has 1 aromatic rings. The van der Waals surface area contributed by atoms with Crippen molar-refractivity contribution >= 4 is 29.2 Å². The van der Waals surface area contributed by atoms with E-state index in [0.29, 0.717) is 16.6 Å². The van der Waals surface area contributed by atoms with Gasteiger partial charge in [0, 0.05) is 16.6 Å². The number of hydrogen-bond donors (Lipinski definition) is 0. The minimum atomic E-state index is -0.166. The molecular formula is C13H15Cl2NO2. The molecule has 0 N–H and O–H groups in total. The number of methoxy groups -OCH3 is 1. The summed E-state index contributed by atoms with van der Waals surface area (Å²) in [4.78, 5) is 13.7. The summed E-state index contributed by atoms with van der Waals surface area (Å²) >= 11 is 11.9. The van der Waals surface area contributed by atoms with Crippen molar-refractivity contribution in [3.63, 3.8) is 0 Å². The largest absolute Gasteiger partial charge is 0.468 e. The number of hydrogen-bond acceptors (Lipinski definition) is 3. The second-order valence-electron chi connectivity index (χ2n) is 4.43. The summed E-state index contributed by atoms with van der Waals surface area (Å²) < 4.78 is 4.82. The van der Waals surface area contributed by atoms with Crippen molar-refractivity contribution in [2.45, 2.75) is 25.4 Å². The predicted molar refractivity (Wildman–Crippen MR) is 71.9 cm³/mol. The van der Waals surface area contributed by atoms with Crippen LogP contribution in [0.3, 0.4) is 0 Å². The fourth-order valence-corrected chi connectivity index (χ4v) is 2.93. The van der Waals surface area contributed by atoms with Gasteiger partial charge in [-0.25, -0.2) is 0 Å². The summed E-state index contributed by atoms with van der Waals surface area (Å²) in [6.07, 6.45) is 1.86. The number of esters is 1. The molecule has 1 fully saturated rings. The minimum Gasteiger partial charge on any atom is -0.468 e. The lowest BCUT2D eigenvalue weighted by Gasteiger charge is -2.22. The van der Waals surface area contributed by atoms with Crippen LogP contribution < -0.4 is 0 Å². The van der Waals surface area contributed by atoms with E-state index in [1.54, 1.807) is 6.07 Å². The van der Waals surface area contributed by atoms with Crippen molar-refractivity contribution in [3.8, 4) is 0 Å². The van der Waals surface area contributed by atoms with Crippen molar-refractivity contribution < 1.29 is 9.53 Å². The third-order valence-electron chi connectivity index (χ3n) is 3.14. The smallest absolute Gasteiger partial charge is 0.323 e. The molecule has 0 amide bonds. The van der Waals surface area contributed by atoms with E-state index in [0.717, 1.165) is 24.9 Å². The van der Waals surface area contributed by atoms with Crippen LogP contribution in [0.15, 0.2) is 18.2 Å². The quantitative estimate of drug-likeness (QED) is 0.800. The maximum absolute atomic E-state index is 11.6. The standard InChI is InChI=1S/C13H15Cl2NO2/c1-18-13(17)12-3-2-4-16(12)8-9-5-10(14)7-11(15)6-9/h5-7,12H,2-4,8H2,1H3. The third-order valence-corrected chi connectivity index (χ3v) is 3.58. The van der Waals surface area contributed by atoms with E-state index in [1.165, 1.54) is 7.11 Å². The van der Waals surface area contributed by atoms with Crippen molar-refractivity contribution in [2.75, 3.05) is 13.7 Å². The number of benzene rings is 1. The van der Waals surface area contributed by atoms with Gasteiger partial charge in [0.2, 0.25) is 0 Å². The van der Waals surface area contributed by atoms with E-state index in [9.17, 15) is 4.79 Å². The summed E-state index contributed by atoms with van der Waals surface area (Å²) in [7, 11) is 1.43. The van der Waals surface area contributed by atoms with Gasteiger partial charge in [-0.15, -0.1) is 0 Å². The van der Waals surface area contributed by atoms with Gasteiger partial charge in [0.1, 0.15) is 6.04 Å². The van der Waals surface area contributed by atoms with Crippen LogP contribution in [0.2, 0.25) is 10.0 Å². The molecule has 18 heavy (non-hydrogen) atoms. The Balaban J connectivity index is 2.10. The van der Waals surface area contributed by atoms with Gasteiger partial charge in [-0.3, -0.25) is 9.69 Å². The normalized spacial score (nSPS) is 20.1. The van der Waals surface area contributed by atoms with Crippen LogP contribution >= 0.6 is 23.2 Å². The molecule has 1 atom stereocenters. The molecule has 0 bridgehead atoms. The van der Waals surface area contributed by atoms with Crippen LogP contribution in [0.4, 0.5) is 0 Å². The first kappa shape index (κ1) is 13.7. The van der Waals surface area contributed by atoms with E-state index >= 15 is 0 Å². The maximum Gasteiger partial charge on any atom is 0.323 e. The molecule has 1 heterocycles. The molecular weight excluding hydrogens is 273 g/mol. The molecule has 3 nitrogen and oxygen atoms in total. The third kappa shape index (κ3) is 3.16. The zero-order chi connectivity index (χ0) is 13.1. The summed E-state index contributed by atoms with van der Waals surface area (Å²) in [5.74, 6) is -0.166. The van der Waals surface area contributed by atoms with Gasteiger partial charge in [0.05, 0.1) is 7.11 Å². The molecule has 98 valence electrons. The highest BCUT2D eigenvalue weighted by molar-refractivity contribution is 6.34. The monoisotopic (exact) mass is 287 g/mol. The Hall–Kier alpha value is -0.770. The van der Waals surface area contributed by atoms with Crippen LogP contribution in [0.5, 0.6) is 0 Å². The lowest BCUT2D eigenvalue weighted by atomic mass is 10.2. The molecule has 0 aliphatic carbocycles. The fourth-order valence-electron chi connectivity index (χ4n) is 2.36. The van der Waals surface area contributed by atoms with E-state index in [-0.39, 0.29) is 12.0 Å². The second-order valence-corrected chi connectivity index (χ2v) is 5.30. The Kier molecular flexibility index (Phi) is 4.49. The lowest BCUT2D eigenvalue weighted by molar-refractivity contribution is -0.146. The lowest BCUT2D eigenvalue weighted by Crippen LogP contribution is -2.36. The van der Waals surface area contributed by atoms with Crippen LogP contribution in [0.1, 0.15) is 18.4 Å². The molecule has 0 aromatic heterocycles. The highest BCUT2D eigenvalue weighted by Gasteiger charge is 2.31. The number of likely N-dealkylation sites (tertiary alicyclic amines) is 1. The summed E-state index contributed by atoms with van der Waals surface area (Å²) in [6, 6.07) is 5.31. The van der Waals surface area contributed by atoms with Gasteiger partial charge in [0.15, 0.2) is 0 Å². The minimum absolute atomic E-state index is 0.146. The maximum atomic E-state index is 11.6. The second kappa shape index (κ2) is 5.91. The Morgan fingerprint density at radius 2 is 2.06 bits per heavy atom. The molecule has 0 radical (unpaired) electrons. The van der Waals surface area contributed by atoms with Gasteiger partial charge >= 0.3 is 5.97 Å². The van der Waals surface area contributed by atoms with Crippen molar-refractivity contribution in [1.82, 2.24) is 4.90 Å². The van der Waals surface area contributed by atoms with Crippen molar-refractivity contribution in [3.05, 3.63) is 33.8 Å². The Morgan fingerprint density at radius 3 is 2.67 bits per heavy atom. The first-order chi connectivity index (χ1) is 8.60. The topological polar surface area (TPSA) is 29.5 Å². The average Bonchev–Trinajstić information content (AvgIpc) is 2.74. The summed E-state index contributed by atoms with van der Waals surface area (Å²) in [6.45, 7) is 1.56. The Bertz CT molecular complexity index is 430.